The predicted molar refractivity (Wildman–Crippen MR) is 119 cm³/mol. The van der Waals surface area contributed by atoms with Gasteiger partial charge in [-0.25, -0.2) is 12.8 Å². The smallest absolute Gasteiger partial charge is 0.247 e. The summed E-state index contributed by atoms with van der Waals surface area (Å²) in [6, 6.07) is 10.0. The first-order valence-electron chi connectivity index (χ1n) is 10.5. The topological polar surface area (TPSA) is 87.2 Å². The van der Waals surface area contributed by atoms with E-state index in [1.165, 1.54) is 34.3 Å². The fourth-order valence-corrected chi connectivity index (χ4v) is 5.49. The first-order valence-corrected chi connectivity index (χ1v) is 11.9. The molecule has 0 fully saturated rings. The van der Waals surface area contributed by atoms with Crippen LogP contribution in [0.15, 0.2) is 47.4 Å². The van der Waals surface area contributed by atoms with Gasteiger partial charge < -0.3 is 14.7 Å². The van der Waals surface area contributed by atoms with Crippen LogP contribution in [0.3, 0.4) is 0 Å². The minimum atomic E-state index is -3.95. The molecule has 2 aromatic rings. The standard InChI is InChI=1S/C23H29FN2O5S/c1-15-12-26(16(2)14-27)32(29,30)23-10-7-19(18-5-8-20(24)9-6-18)11-21(23)31-22(15)13-25(4)17(3)28/h5-11,15-16,22,27H,12-14H2,1-4H3/t15-,16-,22-/m1/s1. The van der Waals surface area contributed by atoms with Crippen molar-refractivity contribution in [2.45, 2.75) is 37.8 Å². The van der Waals surface area contributed by atoms with Crippen molar-refractivity contribution < 1.29 is 27.4 Å². The van der Waals surface area contributed by atoms with Crippen LogP contribution in [0, 0.1) is 11.7 Å². The maximum atomic E-state index is 13.5. The average molecular weight is 465 g/mol. The van der Waals surface area contributed by atoms with E-state index in [1.54, 1.807) is 38.2 Å². The molecule has 1 heterocycles. The molecule has 7 nitrogen and oxygen atoms in total. The molecule has 1 aliphatic heterocycles. The van der Waals surface area contributed by atoms with Gasteiger partial charge in [0.25, 0.3) is 0 Å². The highest BCUT2D eigenvalue weighted by Crippen LogP contribution is 2.36. The summed E-state index contributed by atoms with van der Waals surface area (Å²) in [5.74, 6) is -0.594. The van der Waals surface area contributed by atoms with Gasteiger partial charge in [-0.15, -0.1) is 0 Å². The van der Waals surface area contributed by atoms with Gasteiger partial charge in [0, 0.05) is 32.5 Å². The second kappa shape index (κ2) is 9.56. The summed E-state index contributed by atoms with van der Waals surface area (Å²) in [7, 11) is -2.29. The Hall–Kier alpha value is -2.49. The molecule has 1 amide bonds. The molecule has 0 saturated heterocycles. The summed E-state index contributed by atoms with van der Waals surface area (Å²) in [6.45, 7) is 5.06. The van der Waals surface area contributed by atoms with Gasteiger partial charge in [0.2, 0.25) is 15.9 Å². The summed E-state index contributed by atoms with van der Waals surface area (Å²) in [5.41, 5.74) is 1.39. The van der Waals surface area contributed by atoms with Crippen LogP contribution in [-0.2, 0) is 14.8 Å². The number of rotatable bonds is 5. The van der Waals surface area contributed by atoms with Crippen LogP contribution in [0.4, 0.5) is 4.39 Å². The third-order valence-electron chi connectivity index (χ3n) is 5.84. The second-order valence-corrected chi connectivity index (χ2v) is 10.2. The summed E-state index contributed by atoms with van der Waals surface area (Å²) in [5, 5.41) is 9.69. The Morgan fingerprint density at radius 1 is 1.25 bits per heavy atom. The van der Waals surface area contributed by atoms with Crippen LogP contribution in [0.2, 0.25) is 0 Å². The molecule has 0 saturated carbocycles. The van der Waals surface area contributed by atoms with Crippen molar-refractivity contribution in [1.29, 1.82) is 0 Å². The Morgan fingerprint density at radius 3 is 2.47 bits per heavy atom. The number of sulfonamides is 1. The third kappa shape index (κ3) is 4.95. The molecule has 3 rings (SSSR count). The van der Waals surface area contributed by atoms with Crippen molar-refractivity contribution in [3.05, 3.63) is 48.3 Å². The third-order valence-corrected chi connectivity index (χ3v) is 7.86. The first kappa shape index (κ1) is 24.2. The van der Waals surface area contributed by atoms with Gasteiger partial charge in [-0.05, 0) is 42.3 Å². The molecule has 0 aromatic heterocycles. The number of aliphatic hydroxyl groups is 1. The number of carbonyl (C=O) groups excluding carboxylic acids is 1. The number of carbonyl (C=O) groups is 1. The van der Waals surface area contributed by atoms with Crippen molar-refractivity contribution in [3.63, 3.8) is 0 Å². The van der Waals surface area contributed by atoms with E-state index < -0.39 is 22.2 Å². The summed E-state index contributed by atoms with van der Waals surface area (Å²) in [6.07, 6.45) is -0.477. The summed E-state index contributed by atoms with van der Waals surface area (Å²) in [4.78, 5) is 13.3. The van der Waals surface area contributed by atoms with E-state index in [-0.39, 0.29) is 48.0 Å². The highest BCUT2D eigenvalue weighted by atomic mass is 32.2. The Balaban J connectivity index is 2.13. The molecule has 0 spiro atoms. The fourth-order valence-electron chi connectivity index (χ4n) is 3.66. The van der Waals surface area contributed by atoms with Crippen LogP contribution < -0.4 is 4.74 Å². The van der Waals surface area contributed by atoms with Crippen molar-refractivity contribution in [1.82, 2.24) is 9.21 Å². The first-order chi connectivity index (χ1) is 15.0. The van der Waals surface area contributed by atoms with Gasteiger partial charge in [0.1, 0.15) is 22.6 Å². The summed E-state index contributed by atoms with van der Waals surface area (Å²) < 4.78 is 47.8. The van der Waals surface area contributed by atoms with E-state index >= 15 is 0 Å². The molecule has 9 heteroatoms. The lowest BCUT2D eigenvalue weighted by Crippen LogP contribution is -2.50. The van der Waals surface area contributed by atoms with Crippen LogP contribution in [0.1, 0.15) is 20.8 Å². The highest BCUT2D eigenvalue weighted by Gasteiger charge is 2.38. The zero-order valence-corrected chi connectivity index (χ0v) is 19.5. The molecule has 174 valence electrons. The molecule has 0 unspecified atom stereocenters. The van der Waals surface area contributed by atoms with Gasteiger partial charge >= 0.3 is 0 Å². The fraction of sp³-hybridized carbons (Fsp3) is 0.435. The van der Waals surface area contributed by atoms with Crippen LogP contribution in [-0.4, -0.2) is 67.5 Å². The Labute approximate surface area is 188 Å². The van der Waals surface area contributed by atoms with Crippen LogP contribution >= 0.6 is 0 Å². The number of nitrogens with zero attached hydrogens (tertiary/aromatic N) is 2. The molecule has 0 radical (unpaired) electrons. The van der Waals surface area contributed by atoms with Gasteiger partial charge in [-0.1, -0.05) is 25.1 Å². The molecule has 1 N–H and O–H groups in total. The Bertz CT molecular complexity index is 1070. The molecule has 0 aliphatic carbocycles. The van der Waals surface area contributed by atoms with Crippen molar-refractivity contribution in [3.8, 4) is 16.9 Å². The molecule has 2 aromatic carbocycles. The largest absolute Gasteiger partial charge is 0.487 e. The lowest BCUT2D eigenvalue weighted by Gasteiger charge is -2.37. The Kier molecular flexibility index (Phi) is 7.22. The van der Waals surface area contributed by atoms with E-state index in [2.05, 4.69) is 0 Å². The molecular formula is C23H29FN2O5S. The van der Waals surface area contributed by atoms with Crippen molar-refractivity contribution in [2.24, 2.45) is 5.92 Å². The predicted octanol–water partition coefficient (Wildman–Crippen LogP) is 2.74. The SMILES string of the molecule is CC(=O)N(C)C[C@H]1Oc2cc(-c3ccc(F)cc3)ccc2S(=O)(=O)N([C@H](C)CO)C[C@H]1C. The number of hydrogen-bond donors (Lipinski definition) is 1. The maximum absolute atomic E-state index is 13.5. The van der Waals surface area contributed by atoms with Crippen molar-refractivity contribution >= 4 is 15.9 Å². The zero-order chi connectivity index (χ0) is 23.6. The number of likely N-dealkylation sites (N-methyl/N-ethyl adjacent to an activating group) is 1. The number of hydrogen-bond acceptors (Lipinski definition) is 5. The van der Waals surface area contributed by atoms with E-state index in [1.807, 2.05) is 6.92 Å². The second-order valence-electron chi connectivity index (χ2n) is 8.31. The van der Waals surface area contributed by atoms with E-state index in [0.717, 1.165) is 0 Å². The van der Waals surface area contributed by atoms with Crippen LogP contribution in [0.5, 0.6) is 5.75 Å². The summed E-state index contributed by atoms with van der Waals surface area (Å²) >= 11 is 0. The van der Waals surface area contributed by atoms with Gasteiger partial charge in [0.05, 0.1) is 13.2 Å². The molecule has 0 bridgehead atoms. The number of fused-ring (bicyclic) bond motifs is 1. The Morgan fingerprint density at radius 2 is 1.88 bits per heavy atom. The van der Waals surface area contributed by atoms with Gasteiger partial charge in [-0.3, -0.25) is 4.79 Å². The average Bonchev–Trinajstić information content (AvgIpc) is 2.75. The number of ether oxygens (including phenoxy) is 1. The monoisotopic (exact) mass is 464 g/mol. The zero-order valence-electron chi connectivity index (χ0n) is 18.7. The minimum absolute atomic E-state index is 0.00830. The maximum Gasteiger partial charge on any atom is 0.247 e. The number of benzene rings is 2. The van der Waals surface area contributed by atoms with Gasteiger partial charge in [-0.2, -0.15) is 4.31 Å². The number of amides is 1. The van der Waals surface area contributed by atoms with Crippen molar-refractivity contribution in [2.75, 3.05) is 26.7 Å². The van der Waals surface area contributed by atoms with E-state index in [4.69, 9.17) is 4.74 Å². The minimum Gasteiger partial charge on any atom is -0.487 e. The number of halogens is 1. The number of aliphatic hydroxyl groups excluding tert-OH is 1. The normalized spacial score (nSPS) is 21.6. The quantitative estimate of drug-likeness (QED) is 0.735. The molecule has 3 atom stereocenters. The van der Waals surface area contributed by atoms with E-state index in [0.29, 0.717) is 11.1 Å². The van der Waals surface area contributed by atoms with E-state index in [9.17, 15) is 22.7 Å². The van der Waals surface area contributed by atoms with Crippen LogP contribution in [0.25, 0.3) is 11.1 Å². The lowest BCUT2D eigenvalue weighted by atomic mass is 10.0. The molecule has 32 heavy (non-hydrogen) atoms. The lowest BCUT2D eigenvalue weighted by molar-refractivity contribution is -0.129. The van der Waals surface area contributed by atoms with Gasteiger partial charge in [0.15, 0.2) is 0 Å². The highest BCUT2D eigenvalue weighted by molar-refractivity contribution is 7.89. The molecule has 1 aliphatic rings. The molecular weight excluding hydrogens is 435 g/mol.